The van der Waals surface area contributed by atoms with Crippen LogP contribution in [0.4, 0.5) is 24.5 Å². The largest absolute Gasteiger partial charge is 0.418 e. The van der Waals surface area contributed by atoms with Crippen molar-refractivity contribution in [1.29, 1.82) is 0 Å². The molecule has 150 valence electrons. The van der Waals surface area contributed by atoms with E-state index in [1.54, 1.807) is 35.3 Å². The van der Waals surface area contributed by atoms with Gasteiger partial charge in [0.1, 0.15) is 0 Å². The molecular weight excluding hydrogens is 385 g/mol. The van der Waals surface area contributed by atoms with Gasteiger partial charge in [0.25, 0.3) is 5.91 Å². The lowest BCUT2D eigenvalue weighted by molar-refractivity contribution is -0.137. The van der Waals surface area contributed by atoms with Crippen molar-refractivity contribution in [3.8, 4) is 0 Å². The molecule has 29 heavy (non-hydrogen) atoms. The monoisotopic (exact) mass is 402 g/mol. The van der Waals surface area contributed by atoms with Crippen molar-refractivity contribution in [1.82, 2.24) is 9.78 Å². The molecule has 0 fully saturated rings. The number of nitrogens with one attached hydrogen (secondary N) is 2. The van der Waals surface area contributed by atoms with Gasteiger partial charge in [-0.2, -0.15) is 18.3 Å². The molecule has 1 aromatic heterocycles. The molecule has 0 aliphatic rings. The highest BCUT2D eigenvalue weighted by Gasteiger charge is 2.34. The van der Waals surface area contributed by atoms with Crippen LogP contribution in [0, 0.1) is 0 Å². The number of benzene rings is 2. The molecule has 2 N–H and O–H groups in total. The van der Waals surface area contributed by atoms with Gasteiger partial charge in [0.2, 0.25) is 5.91 Å². The van der Waals surface area contributed by atoms with Gasteiger partial charge in [-0.15, -0.1) is 0 Å². The highest BCUT2D eigenvalue weighted by atomic mass is 19.4. The summed E-state index contributed by atoms with van der Waals surface area (Å²) in [4.78, 5) is 23.5. The lowest BCUT2D eigenvalue weighted by atomic mass is 10.1. The maximum absolute atomic E-state index is 13.4. The number of hydrogen-bond donors (Lipinski definition) is 2. The third-order valence-corrected chi connectivity index (χ3v) is 4.01. The Balaban J connectivity index is 1.78. The maximum Gasteiger partial charge on any atom is 0.418 e. The van der Waals surface area contributed by atoms with Crippen LogP contribution in [0.5, 0.6) is 0 Å². The predicted octanol–water partition coefficient (Wildman–Crippen LogP) is 4.16. The Kier molecular flexibility index (Phi) is 5.67. The average molecular weight is 402 g/mol. The lowest BCUT2D eigenvalue weighted by Crippen LogP contribution is -2.17. The summed E-state index contributed by atoms with van der Waals surface area (Å²) in [5, 5.41) is 8.67. The number of carbonyl (C=O) groups is 2. The fraction of sp³-hybridized carbons (Fsp3) is 0.150. The van der Waals surface area contributed by atoms with E-state index in [1.165, 1.54) is 25.1 Å². The minimum atomic E-state index is -4.70. The first-order chi connectivity index (χ1) is 13.7. The van der Waals surface area contributed by atoms with Crippen LogP contribution in [0.3, 0.4) is 0 Å². The average Bonchev–Trinajstić information content (AvgIpc) is 3.15. The Bertz CT molecular complexity index is 1010. The van der Waals surface area contributed by atoms with Crippen LogP contribution in [-0.4, -0.2) is 21.6 Å². The highest BCUT2D eigenvalue weighted by Crippen LogP contribution is 2.36. The SMILES string of the molecule is CC(=O)Nc1ccc(NC(=O)c2ccc(Cn3cccn3)cc2)c(C(F)(F)F)c1. The van der Waals surface area contributed by atoms with Crippen molar-refractivity contribution in [2.45, 2.75) is 19.6 Å². The molecule has 3 rings (SSSR count). The molecule has 0 aliphatic carbocycles. The number of carbonyl (C=O) groups excluding carboxylic acids is 2. The second kappa shape index (κ2) is 8.17. The zero-order valence-corrected chi connectivity index (χ0v) is 15.3. The molecule has 0 radical (unpaired) electrons. The third kappa shape index (κ3) is 5.22. The van der Waals surface area contributed by atoms with Crippen LogP contribution < -0.4 is 10.6 Å². The van der Waals surface area contributed by atoms with Crippen LogP contribution in [0.25, 0.3) is 0 Å². The van der Waals surface area contributed by atoms with Gasteiger partial charge in [0.15, 0.2) is 0 Å². The summed E-state index contributed by atoms with van der Waals surface area (Å²) < 4.78 is 41.8. The Labute approximate surface area is 164 Å². The van der Waals surface area contributed by atoms with E-state index in [4.69, 9.17) is 0 Å². The van der Waals surface area contributed by atoms with Gasteiger partial charge in [0, 0.05) is 30.6 Å². The summed E-state index contributed by atoms with van der Waals surface area (Å²) in [6, 6.07) is 11.5. The topological polar surface area (TPSA) is 76.0 Å². The first-order valence-corrected chi connectivity index (χ1v) is 8.59. The van der Waals surface area contributed by atoms with Crippen molar-refractivity contribution in [3.05, 3.63) is 77.6 Å². The van der Waals surface area contributed by atoms with Crippen LogP contribution in [0.2, 0.25) is 0 Å². The van der Waals surface area contributed by atoms with Crippen LogP contribution in [0.15, 0.2) is 60.9 Å². The summed E-state index contributed by atoms with van der Waals surface area (Å²) in [5.41, 5.74) is -0.343. The third-order valence-electron chi connectivity index (χ3n) is 4.01. The first kappa shape index (κ1) is 20.1. The molecule has 0 saturated carbocycles. The second-order valence-electron chi connectivity index (χ2n) is 6.29. The number of anilines is 2. The van der Waals surface area contributed by atoms with Crippen molar-refractivity contribution < 1.29 is 22.8 Å². The zero-order valence-electron chi connectivity index (χ0n) is 15.3. The summed E-state index contributed by atoms with van der Waals surface area (Å²) in [6.07, 6.45) is -1.26. The fourth-order valence-electron chi connectivity index (χ4n) is 2.71. The molecule has 0 aliphatic heterocycles. The van der Waals surface area contributed by atoms with E-state index < -0.39 is 29.2 Å². The Hall–Kier alpha value is -3.62. The van der Waals surface area contributed by atoms with Gasteiger partial charge >= 0.3 is 6.18 Å². The van der Waals surface area contributed by atoms with Crippen LogP contribution >= 0.6 is 0 Å². The molecule has 0 saturated heterocycles. The summed E-state index contributed by atoms with van der Waals surface area (Å²) in [6.45, 7) is 1.71. The molecule has 0 atom stereocenters. The molecule has 2 aromatic carbocycles. The van der Waals surface area contributed by atoms with E-state index >= 15 is 0 Å². The lowest BCUT2D eigenvalue weighted by Gasteiger charge is -2.15. The van der Waals surface area contributed by atoms with Gasteiger partial charge in [-0.25, -0.2) is 0 Å². The summed E-state index contributed by atoms with van der Waals surface area (Å²) in [5.74, 6) is -1.17. The minimum absolute atomic E-state index is 0.00852. The Morgan fingerprint density at radius 3 is 2.38 bits per heavy atom. The molecular formula is C20H17F3N4O2. The maximum atomic E-state index is 13.4. The van der Waals surface area contributed by atoms with Gasteiger partial charge in [0.05, 0.1) is 17.8 Å². The van der Waals surface area contributed by atoms with Gasteiger partial charge < -0.3 is 10.6 Å². The molecule has 6 nitrogen and oxygen atoms in total. The molecule has 0 unspecified atom stereocenters. The van der Waals surface area contributed by atoms with Crippen molar-refractivity contribution in [2.24, 2.45) is 0 Å². The Morgan fingerprint density at radius 2 is 1.79 bits per heavy atom. The smallest absolute Gasteiger partial charge is 0.326 e. The molecule has 3 aromatic rings. The Morgan fingerprint density at radius 1 is 1.07 bits per heavy atom. The number of alkyl halides is 3. The van der Waals surface area contributed by atoms with E-state index in [9.17, 15) is 22.8 Å². The van der Waals surface area contributed by atoms with Gasteiger partial charge in [-0.05, 0) is 42.0 Å². The number of amides is 2. The standard InChI is InChI=1S/C20H17F3N4O2/c1-13(28)25-16-7-8-18(17(11-16)20(21,22)23)26-19(29)15-5-3-14(4-6-15)12-27-10-2-9-24-27/h2-11H,12H2,1H3,(H,25,28)(H,26,29). The molecule has 2 amide bonds. The quantitative estimate of drug-likeness (QED) is 0.673. The summed E-state index contributed by atoms with van der Waals surface area (Å²) >= 11 is 0. The molecule has 1 heterocycles. The number of aromatic nitrogens is 2. The first-order valence-electron chi connectivity index (χ1n) is 8.59. The minimum Gasteiger partial charge on any atom is -0.326 e. The predicted molar refractivity (Wildman–Crippen MR) is 101 cm³/mol. The number of rotatable bonds is 5. The second-order valence-corrected chi connectivity index (χ2v) is 6.29. The van der Waals surface area contributed by atoms with Crippen molar-refractivity contribution in [2.75, 3.05) is 10.6 Å². The van der Waals surface area contributed by atoms with Crippen molar-refractivity contribution in [3.63, 3.8) is 0 Å². The highest BCUT2D eigenvalue weighted by molar-refractivity contribution is 6.05. The molecule has 0 spiro atoms. The van der Waals surface area contributed by atoms with Crippen molar-refractivity contribution >= 4 is 23.2 Å². The zero-order chi connectivity index (χ0) is 21.0. The van der Waals surface area contributed by atoms with Crippen LogP contribution in [0.1, 0.15) is 28.4 Å². The normalized spacial score (nSPS) is 11.2. The van der Waals surface area contributed by atoms with E-state index in [0.29, 0.717) is 6.54 Å². The van der Waals surface area contributed by atoms with Crippen LogP contribution in [-0.2, 0) is 17.5 Å². The molecule has 9 heteroatoms. The van der Waals surface area contributed by atoms with E-state index in [2.05, 4.69) is 15.7 Å². The molecule has 0 bridgehead atoms. The van der Waals surface area contributed by atoms with Gasteiger partial charge in [-0.3, -0.25) is 14.3 Å². The number of halogens is 3. The number of hydrogen-bond acceptors (Lipinski definition) is 3. The van der Waals surface area contributed by atoms with E-state index in [1.807, 2.05) is 0 Å². The fourth-order valence-corrected chi connectivity index (χ4v) is 2.71. The van der Waals surface area contributed by atoms with Gasteiger partial charge in [-0.1, -0.05) is 12.1 Å². The number of nitrogens with zero attached hydrogens (tertiary/aromatic N) is 2. The van der Waals surface area contributed by atoms with E-state index in [-0.39, 0.29) is 11.3 Å². The van der Waals surface area contributed by atoms with E-state index in [0.717, 1.165) is 17.7 Å². The summed E-state index contributed by atoms with van der Waals surface area (Å²) in [7, 11) is 0.